The highest BCUT2D eigenvalue weighted by atomic mass is 35.5. The van der Waals surface area contributed by atoms with Crippen LogP contribution in [0.1, 0.15) is 6.42 Å². The van der Waals surface area contributed by atoms with Gasteiger partial charge in [0, 0.05) is 29.2 Å². The van der Waals surface area contributed by atoms with Crippen molar-refractivity contribution >= 4 is 46.0 Å². The summed E-state index contributed by atoms with van der Waals surface area (Å²) in [4.78, 5) is 32.5. The summed E-state index contributed by atoms with van der Waals surface area (Å²) in [5.74, 6) is 0. The molecule has 2 aromatic carbocycles. The molecular weight excluding hydrogens is 422 g/mol. The largest absolute Gasteiger partial charge is 0.338 e. The third-order valence-electron chi connectivity index (χ3n) is 4.38. The zero-order valence-electron chi connectivity index (χ0n) is 17.1. The molecule has 0 unspecified atom stereocenters. The highest BCUT2D eigenvalue weighted by Crippen LogP contribution is 2.27. The Balaban J connectivity index is 1.77. The van der Waals surface area contributed by atoms with Crippen molar-refractivity contribution in [1.29, 1.82) is 0 Å². The quantitative estimate of drug-likeness (QED) is 0.427. The minimum atomic E-state index is -0.285. The molecule has 0 aliphatic rings. The lowest BCUT2D eigenvalue weighted by Gasteiger charge is -2.12. The summed E-state index contributed by atoms with van der Waals surface area (Å²) >= 11 is 7.32. The summed E-state index contributed by atoms with van der Waals surface area (Å²) in [5.41, 5.74) is 0.965. The van der Waals surface area contributed by atoms with Crippen molar-refractivity contribution in [3.8, 4) is 0 Å². The standard InChI is InChI=1S/C21H24ClN5O2S/c1-26(2)12-4-11-23-20(29)24-15-7-10-17-18(13-15)25-21(27(3)19(17)28)30-16-8-5-14(22)6-9-16/h5-10,13H,4,11-12H2,1-3H3,(H2,23,24,29). The SMILES string of the molecule is CN(C)CCCNC(=O)Nc1ccc2c(=O)n(C)c(Sc3ccc(Cl)cc3)nc2c1. The fraction of sp³-hybridized carbons (Fsp3) is 0.286. The Hall–Kier alpha value is -2.55. The van der Waals surface area contributed by atoms with Gasteiger partial charge < -0.3 is 15.5 Å². The molecule has 3 rings (SSSR count). The van der Waals surface area contributed by atoms with Crippen LogP contribution in [0.3, 0.4) is 0 Å². The molecule has 0 spiro atoms. The van der Waals surface area contributed by atoms with Gasteiger partial charge in [0.25, 0.3) is 5.56 Å². The van der Waals surface area contributed by atoms with Gasteiger partial charge in [-0.1, -0.05) is 23.4 Å². The van der Waals surface area contributed by atoms with Gasteiger partial charge in [-0.05, 0) is 69.5 Å². The van der Waals surface area contributed by atoms with Crippen LogP contribution in [-0.4, -0.2) is 47.7 Å². The first-order valence-corrected chi connectivity index (χ1v) is 10.7. The van der Waals surface area contributed by atoms with Crippen LogP contribution in [0.25, 0.3) is 10.9 Å². The number of hydrogen-bond donors (Lipinski definition) is 2. The number of nitrogens with one attached hydrogen (secondary N) is 2. The molecule has 0 atom stereocenters. The van der Waals surface area contributed by atoms with Crippen molar-refractivity contribution < 1.29 is 4.79 Å². The lowest BCUT2D eigenvalue weighted by molar-refractivity contribution is 0.251. The van der Waals surface area contributed by atoms with Crippen molar-refractivity contribution in [2.45, 2.75) is 16.5 Å². The number of urea groups is 1. The second kappa shape index (κ2) is 9.97. The number of halogens is 1. The van der Waals surface area contributed by atoms with Gasteiger partial charge in [-0.25, -0.2) is 9.78 Å². The average Bonchev–Trinajstić information content (AvgIpc) is 2.70. The molecule has 1 aromatic heterocycles. The van der Waals surface area contributed by atoms with Crippen LogP contribution in [0.2, 0.25) is 5.02 Å². The number of hydrogen-bond acceptors (Lipinski definition) is 5. The maximum absolute atomic E-state index is 12.7. The molecule has 1 heterocycles. The number of fused-ring (bicyclic) bond motifs is 1. The van der Waals surface area contributed by atoms with Gasteiger partial charge in [-0.15, -0.1) is 0 Å². The van der Waals surface area contributed by atoms with E-state index in [1.807, 2.05) is 26.2 Å². The molecule has 0 aliphatic heterocycles. The van der Waals surface area contributed by atoms with Crippen LogP contribution in [0.4, 0.5) is 10.5 Å². The monoisotopic (exact) mass is 445 g/mol. The van der Waals surface area contributed by atoms with Crippen LogP contribution in [0.15, 0.2) is 57.3 Å². The molecule has 0 saturated carbocycles. The van der Waals surface area contributed by atoms with E-state index in [2.05, 4.69) is 20.5 Å². The third kappa shape index (κ3) is 5.75. The van der Waals surface area contributed by atoms with Crippen LogP contribution in [0.5, 0.6) is 0 Å². The van der Waals surface area contributed by atoms with Crippen molar-refractivity contribution in [3.05, 3.63) is 57.8 Å². The zero-order valence-corrected chi connectivity index (χ0v) is 18.7. The second-order valence-corrected chi connectivity index (χ2v) is 8.56. The molecular formula is C21H24ClN5O2S. The first-order chi connectivity index (χ1) is 14.3. The number of aromatic nitrogens is 2. The molecule has 7 nitrogen and oxygen atoms in total. The van der Waals surface area contributed by atoms with Gasteiger partial charge in [0.1, 0.15) is 0 Å². The first kappa shape index (κ1) is 22.1. The maximum Gasteiger partial charge on any atom is 0.319 e. The van der Waals surface area contributed by atoms with Gasteiger partial charge in [-0.3, -0.25) is 9.36 Å². The summed E-state index contributed by atoms with van der Waals surface area (Å²) in [5, 5.41) is 7.32. The molecule has 3 aromatic rings. The number of carbonyl (C=O) groups excluding carboxylic acids is 1. The summed E-state index contributed by atoms with van der Waals surface area (Å²) in [7, 11) is 5.68. The summed E-state index contributed by atoms with van der Waals surface area (Å²) in [6.07, 6.45) is 0.862. The number of anilines is 1. The molecule has 2 amide bonds. The van der Waals surface area contributed by atoms with E-state index in [4.69, 9.17) is 11.6 Å². The van der Waals surface area contributed by atoms with Gasteiger partial charge >= 0.3 is 6.03 Å². The number of benzene rings is 2. The summed E-state index contributed by atoms with van der Waals surface area (Å²) in [6, 6.07) is 12.2. The van der Waals surface area contributed by atoms with Crippen molar-refractivity contribution in [2.24, 2.45) is 7.05 Å². The van der Waals surface area contributed by atoms with Gasteiger partial charge in [0.15, 0.2) is 5.16 Å². The smallest absolute Gasteiger partial charge is 0.319 e. The van der Waals surface area contributed by atoms with Crippen molar-refractivity contribution in [2.75, 3.05) is 32.5 Å². The van der Waals surface area contributed by atoms with E-state index in [9.17, 15) is 9.59 Å². The van der Waals surface area contributed by atoms with Gasteiger partial charge in [-0.2, -0.15) is 0 Å². The average molecular weight is 446 g/mol. The molecule has 0 bridgehead atoms. The highest BCUT2D eigenvalue weighted by Gasteiger charge is 2.11. The topological polar surface area (TPSA) is 79.3 Å². The molecule has 30 heavy (non-hydrogen) atoms. The predicted octanol–water partition coefficient (Wildman–Crippen LogP) is 3.81. The third-order valence-corrected chi connectivity index (χ3v) is 5.69. The van der Waals surface area contributed by atoms with Crippen LogP contribution in [-0.2, 0) is 7.05 Å². The Bertz CT molecular complexity index is 1100. The number of rotatable bonds is 7. The normalized spacial score (nSPS) is 11.1. The maximum atomic E-state index is 12.7. The van der Waals surface area contributed by atoms with Crippen molar-refractivity contribution in [1.82, 2.24) is 19.8 Å². The molecule has 158 valence electrons. The van der Waals surface area contributed by atoms with Crippen LogP contribution >= 0.6 is 23.4 Å². The Labute approximate surface area is 184 Å². The van der Waals surface area contributed by atoms with E-state index in [1.165, 1.54) is 16.3 Å². The first-order valence-electron chi connectivity index (χ1n) is 9.47. The van der Waals surface area contributed by atoms with E-state index in [1.54, 1.807) is 37.4 Å². The Morgan fingerprint density at radius 1 is 1.20 bits per heavy atom. The van der Waals surface area contributed by atoms with Crippen LogP contribution in [0, 0.1) is 0 Å². The molecule has 0 fully saturated rings. The van der Waals surface area contributed by atoms with E-state index >= 15 is 0 Å². The second-order valence-electron chi connectivity index (χ2n) is 7.08. The van der Waals surface area contributed by atoms with E-state index < -0.39 is 0 Å². The lowest BCUT2D eigenvalue weighted by atomic mass is 10.2. The van der Waals surface area contributed by atoms with E-state index in [0.29, 0.717) is 33.3 Å². The fourth-order valence-electron chi connectivity index (χ4n) is 2.80. The Morgan fingerprint density at radius 3 is 2.63 bits per heavy atom. The molecule has 2 N–H and O–H groups in total. The van der Waals surface area contributed by atoms with Gasteiger partial charge in [0.05, 0.1) is 10.9 Å². The highest BCUT2D eigenvalue weighted by molar-refractivity contribution is 7.99. The summed E-state index contributed by atoms with van der Waals surface area (Å²) in [6.45, 7) is 1.48. The van der Waals surface area contributed by atoms with Gasteiger partial charge in [0.2, 0.25) is 0 Å². The molecule has 0 saturated heterocycles. The lowest BCUT2D eigenvalue weighted by Crippen LogP contribution is -2.31. The number of amides is 2. The fourth-order valence-corrected chi connectivity index (χ4v) is 3.77. The predicted molar refractivity (Wildman–Crippen MR) is 123 cm³/mol. The van der Waals surface area contributed by atoms with E-state index in [0.717, 1.165) is 17.9 Å². The van der Waals surface area contributed by atoms with Crippen LogP contribution < -0.4 is 16.2 Å². The molecule has 9 heteroatoms. The number of nitrogens with zero attached hydrogens (tertiary/aromatic N) is 3. The minimum Gasteiger partial charge on any atom is -0.338 e. The molecule has 0 radical (unpaired) electrons. The van der Waals surface area contributed by atoms with E-state index in [-0.39, 0.29) is 11.6 Å². The Morgan fingerprint density at radius 2 is 1.93 bits per heavy atom. The number of carbonyl (C=O) groups is 1. The van der Waals surface area contributed by atoms with Crippen molar-refractivity contribution in [3.63, 3.8) is 0 Å². The Kier molecular flexibility index (Phi) is 7.36. The minimum absolute atomic E-state index is 0.142. The summed E-state index contributed by atoms with van der Waals surface area (Å²) < 4.78 is 1.52. The molecule has 0 aliphatic carbocycles. The zero-order chi connectivity index (χ0) is 21.7.